The van der Waals surface area contributed by atoms with Crippen LogP contribution in [-0.4, -0.2) is 11.7 Å². The van der Waals surface area contributed by atoms with Crippen LogP contribution in [-0.2, 0) is 6.42 Å². The number of benzene rings is 2. The van der Waals surface area contributed by atoms with Crippen molar-refractivity contribution in [3.05, 3.63) is 58.6 Å². The van der Waals surface area contributed by atoms with Crippen LogP contribution in [0.25, 0.3) is 0 Å². The van der Waals surface area contributed by atoms with Crippen LogP contribution in [0.1, 0.15) is 17.5 Å². The van der Waals surface area contributed by atoms with Crippen LogP contribution in [0, 0.1) is 6.92 Å². The van der Waals surface area contributed by atoms with Crippen molar-refractivity contribution in [1.29, 1.82) is 0 Å². The van der Waals surface area contributed by atoms with Crippen molar-refractivity contribution >= 4 is 40.3 Å². The summed E-state index contributed by atoms with van der Waals surface area (Å²) in [5.41, 5.74) is 4.82. The summed E-state index contributed by atoms with van der Waals surface area (Å²) in [5.74, 6) is 0. The fourth-order valence-corrected chi connectivity index (χ4v) is 3.30. The molecule has 0 radical (unpaired) electrons. The molecule has 2 aromatic rings. The van der Waals surface area contributed by atoms with Gasteiger partial charge in [0, 0.05) is 22.9 Å². The molecule has 1 aliphatic rings. The van der Waals surface area contributed by atoms with E-state index >= 15 is 0 Å². The fraction of sp³-hybridized carbons (Fsp3) is 0.235. The zero-order valence-corrected chi connectivity index (χ0v) is 13.5. The van der Waals surface area contributed by atoms with Crippen LogP contribution >= 0.6 is 23.8 Å². The van der Waals surface area contributed by atoms with Crippen LogP contribution in [0.4, 0.5) is 11.4 Å². The molecular formula is C17H17ClN2S. The zero-order valence-electron chi connectivity index (χ0n) is 11.9. The van der Waals surface area contributed by atoms with E-state index in [4.69, 9.17) is 23.8 Å². The summed E-state index contributed by atoms with van der Waals surface area (Å²) >= 11 is 11.6. The first-order valence-corrected chi connectivity index (χ1v) is 7.86. The van der Waals surface area contributed by atoms with E-state index in [0.29, 0.717) is 5.02 Å². The average Bonchev–Trinajstić information content (AvgIpc) is 2.47. The molecule has 0 bridgehead atoms. The number of para-hydroxylation sites is 1. The Morgan fingerprint density at radius 3 is 2.86 bits per heavy atom. The molecule has 2 aromatic carbocycles. The molecule has 0 unspecified atom stereocenters. The Morgan fingerprint density at radius 1 is 1.24 bits per heavy atom. The molecule has 1 aliphatic heterocycles. The van der Waals surface area contributed by atoms with Crippen molar-refractivity contribution in [2.24, 2.45) is 0 Å². The van der Waals surface area contributed by atoms with Crippen LogP contribution in [0.2, 0.25) is 5.02 Å². The number of nitrogens with zero attached hydrogens (tertiary/aromatic N) is 1. The summed E-state index contributed by atoms with van der Waals surface area (Å²) in [6.07, 6.45) is 2.24. The minimum absolute atomic E-state index is 0.707. The molecule has 3 rings (SSSR count). The smallest absolute Gasteiger partial charge is 0.177 e. The van der Waals surface area contributed by atoms with Gasteiger partial charge in [-0.25, -0.2) is 0 Å². The summed E-state index contributed by atoms with van der Waals surface area (Å²) in [4.78, 5) is 2.20. The van der Waals surface area contributed by atoms with Crippen LogP contribution in [0.15, 0.2) is 42.5 Å². The third-order valence-corrected chi connectivity index (χ3v) is 4.30. The molecule has 1 heterocycles. The second-order valence-electron chi connectivity index (χ2n) is 5.28. The third kappa shape index (κ3) is 3.04. The van der Waals surface area contributed by atoms with E-state index in [1.807, 2.05) is 24.3 Å². The molecule has 108 valence electrons. The zero-order chi connectivity index (χ0) is 14.8. The molecule has 21 heavy (non-hydrogen) atoms. The Morgan fingerprint density at radius 2 is 2.05 bits per heavy atom. The van der Waals surface area contributed by atoms with Gasteiger partial charge in [-0.1, -0.05) is 35.9 Å². The van der Waals surface area contributed by atoms with E-state index in [1.54, 1.807) is 0 Å². The minimum Gasteiger partial charge on any atom is -0.332 e. The highest BCUT2D eigenvalue weighted by molar-refractivity contribution is 7.80. The van der Waals surface area contributed by atoms with Crippen LogP contribution in [0.3, 0.4) is 0 Å². The minimum atomic E-state index is 0.707. The quantitative estimate of drug-likeness (QED) is 0.761. The normalized spacial score (nSPS) is 13.7. The molecule has 0 saturated heterocycles. The monoisotopic (exact) mass is 316 g/mol. The largest absolute Gasteiger partial charge is 0.332 e. The number of thiocarbonyl (C=S) groups is 1. The van der Waals surface area contributed by atoms with Crippen molar-refractivity contribution in [1.82, 2.24) is 0 Å². The Bertz CT molecular complexity index is 684. The predicted octanol–water partition coefficient (Wildman–Crippen LogP) is 4.80. The molecule has 0 fully saturated rings. The lowest BCUT2D eigenvalue weighted by molar-refractivity contribution is 0.778. The Kier molecular flexibility index (Phi) is 4.13. The van der Waals surface area contributed by atoms with E-state index in [2.05, 4.69) is 35.3 Å². The van der Waals surface area contributed by atoms with Crippen molar-refractivity contribution in [3.8, 4) is 0 Å². The van der Waals surface area contributed by atoms with Gasteiger partial charge in [-0.15, -0.1) is 0 Å². The van der Waals surface area contributed by atoms with Crippen LogP contribution in [0.5, 0.6) is 0 Å². The lowest BCUT2D eigenvalue weighted by Crippen LogP contribution is -2.39. The second-order valence-corrected chi connectivity index (χ2v) is 6.10. The molecule has 4 heteroatoms. The number of aryl methyl sites for hydroxylation is 2. The van der Waals surface area contributed by atoms with Crippen molar-refractivity contribution in [2.45, 2.75) is 19.8 Å². The number of nitrogens with one attached hydrogen (secondary N) is 1. The van der Waals surface area contributed by atoms with Gasteiger partial charge in [0.05, 0.1) is 0 Å². The number of hydrogen-bond acceptors (Lipinski definition) is 1. The maximum absolute atomic E-state index is 6.02. The van der Waals surface area contributed by atoms with Gasteiger partial charge in [0.25, 0.3) is 0 Å². The predicted molar refractivity (Wildman–Crippen MR) is 94.5 cm³/mol. The summed E-state index contributed by atoms with van der Waals surface area (Å²) in [5, 5.41) is 4.73. The molecule has 2 nitrogen and oxygen atoms in total. The second kappa shape index (κ2) is 6.04. The Hall–Kier alpha value is -1.58. The van der Waals surface area contributed by atoms with Gasteiger partial charge in [0.1, 0.15) is 0 Å². The SMILES string of the molecule is Cc1cccc2c1N(C(=S)Nc1cccc(Cl)c1)CCC2. The van der Waals surface area contributed by atoms with Gasteiger partial charge in [-0.05, 0) is 61.3 Å². The lowest BCUT2D eigenvalue weighted by atomic mass is 9.99. The van der Waals surface area contributed by atoms with E-state index < -0.39 is 0 Å². The first-order chi connectivity index (χ1) is 10.1. The van der Waals surface area contributed by atoms with Gasteiger partial charge in [-0.3, -0.25) is 0 Å². The maximum Gasteiger partial charge on any atom is 0.177 e. The fourth-order valence-electron chi connectivity index (χ4n) is 2.81. The third-order valence-electron chi connectivity index (χ3n) is 3.74. The van der Waals surface area contributed by atoms with Gasteiger partial charge < -0.3 is 10.2 Å². The number of hydrogen-bond donors (Lipinski definition) is 1. The maximum atomic E-state index is 6.02. The van der Waals surface area contributed by atoms with E-state index in [0.717, 1.165) is 30.2 Å². The van der Waals surface area contributed by atoms with Crippen molar-refractivity contribution < 1.29 is 0 Å². The summed E-state index contributed by atoms with van der Waals surface area (Å²) < 4.78 is 0. The van der Waals surface area contributed by atoms with Crippen molar-refractivity contribution in [2.75, 3.05) is 16.8 Å². The lowest BCUT2D eigenvalue weighted by Gasteiger charge is -2.33. The first-order valence-electron chi connectivity index (χ1n) is 7.08. The highest BCUT2D eigenvalue weighted by Crippen LogP contribution is 2.31. The molecule has 1 N–H and O–H groups in total. The van der Waals surface area contributed by atoms with E-state index in [-0.39, 0.29) is 0 Å². The number of rotatable bonds is 1. The number of anilines is 2. The standard InChI is InChI=1S/C17H17ClN2S/c1-12-5-2-6-13-7-4-10-20(16(12)13)17(21)19-15-9-3-8-14(18)11-15/h2-3,5-6,8-9,11H,4,7,10H2,1H3,(H,19,21). The van der Waals surface area contributed by atoms with Crippen LogP contribution < -0.4 is 10.2 Å². The number of halogens is 1. The number of fused-ring (bicyclic) bond motifs is 1. The summed E-state index contributed by atoms with van der Waals surface area (Å²) in [7, 11) is 0. The Labute approximate surface area is 135 Å². The Balaban J connectivity index is 1.87. The highest BCUT2D eigenvalue weighted by atomic mass is 35.5. The van der Waals surface area contributed by atoms with Gasteiger partial charge in [-0.2, -0.15) is 0 Å². The molecule has 0 aromatic heterocycles. The average molecular weight is 317 g/mol. The van der Waals surface area contributed by atoms with Crippen molar-refractivity contribution in [3.63, 3.8) is 0 Å². The molecular weight excluding hydrogens is 300 g/mol. The van der Waals surface area contributed by atoms with Gasteiger partial charge >= 0.3 is 0 Å². The highest BCUT2D eigenvalue weighted by Gasteiger charge is 2.21. The van der Waals surface area contributed by atoms with E-state index in [9.17, 15) is 0 Å². The molecule has 0 amide bonds. The van der Waals surface area contributed by atoms with Gasteiger partial charge in [0.15, 0.2) is 5.11 Å². The molecule has 0 atom stereocenters. The summed E-state index contributed by atoms with van der Waals surface area (Å²) in [6, 6.07) is 14.1. The first kappa shape index (κ1) is 14.4. The molecule has 0 aliphatic carbocycles. The van der Waals surface area contributed by atoms with Gasteiger partial charge in [0.2, 0.25) is 0 Å². The topological polar surface area (TPSA) is 15.3 Å². The summed E-state index contributed by atoms with van der Waals surface area (Å²) in [6.45, 7) is 3.09. The molecule has 0 saturated carbocycles. The van der Waals surface area contributed by atoms with E-state index in [1.165, 1.54) is 16.8 Å². The molecule has 0 spiro atoms.